The first kappa shape index (κ1) is 21.1. The van der Waals surface area contributed by atoms with Gasteiger partial charge < -0.3 is 14.7 Å². The monoisotopic (exact) mass is 414 g/mol. The SMILES string of the molecule is CC(C)(C)CC(=O)Nc1nc2c(cc1F)N(Cc1cc(C(F)(F)F)no1)CCC2. The van der Waals surface area contributed by atoms with E-state index in [1.165, 1.54) is 6.07 Å². The maximum atomic E-state index is 14.6. The second kappa shape index (κ2) is 7.64. The summed E-state index contributed by atoms with van der Waals surface area (Å²) in [5.41, 5.74) is -0.324. The molecule has 0 spiro atoms. The second-order valence-corrected chi connectivity index (χ2v) is 8.27. The Hall–Kier alpha value is -2.65. The highest BCUT2D eigenvalue weighted by atomic mass is 19.4. The molecular formula is C19H22F4N4O2. The van der Waals surface area contributed by atoms with Gasteiger partial charge in [-0.1, -0.05) is 25.9 Å². The van der Waals surface area contributed by atoms with Crippen molar-refractivity contribution in [2.24, 2.45) is 5.41 Å². The number of hydrogen-bond donors (Lipinski definition) is 1. The number of aryl methyl sites for hydroxylation is 1. The topological polar surface area (TPSA) is 71.3 Å². The van der Waals surface area contributed by atoms with Gasteiger partial charge in [-0.25, -0.2) is 9.37 Å². The molecular weight excluding hydrogens is 392 g/mol. The molecule has 0 aliphatic carbocycles. The zero-order valence-electron chi connectivity index (χ0n) is 16.4. The van der Waals surface area contributed by atoms with Gasteiger partial charge in [-0.15, -0.1) is 0 Å². The van der Waals surface area contributed by atoms with E-state index in [1.54, 1.807) is 4.90 Å². The predicted octanol–water partition coefficient (Wildman–Crippen LogP) is 4.56. The highest BCUT2D eigenvalue weighted by Gasteiger charge is 2.35. The smallest absolute Gasteiger partial charge is 0.362 e. The molecule has 0 radical (unpaired) electrons. The Morgan fingerprint density at radius 1 is 1.28 bits per heavy atom. The van der Waals surface area contributed by atoms with Crippen LogP contribution in [-0.2, 0) is 23.9 Å². The molecule has 0 saturated heterocycles. The lowest BCUT2D eigenvalue weighted by atomic mass is 9.92. The third kappa shape index (κ3) is 5.24. The summed E-state index contributed by atoms with van der Waals surface area (Å²) in [6, 6.07) is 2.08. The van der Waals surface area contributed by atoms with Crippen LogP contribution in [-0.4, -0.2) is 22.6 Å². The molecule has 1 aliphatic rings. The van der Waals surface area contributed by atoms with Gasteiger partial charge in [0, 0.05) is 25.1 Å². The van der Waals surface area contributed by atoms with E-state index in [-0.39, 0.29) is 35.9 Å². The number of nitrogens with zero attached hydrogens (tertiary/aromatic N) is 3. The first-order chi connectivity index (χ1) is 13.4. The lowest BCUT2D eigenvalue weighted by Gasteiger charge is -2.30. The number of amides is 1. The number of carbonyl (C=O) groups excluding carboxylic acids is 1. The number of alkyl halides is 3. The van der Waals surface area contributed by atoms with Crippen molar-refractivity contribution >= 4 is 17.4 Å². The summed E-state index contributed by atoms with van der Waals surface area (Å²) in [6.07, 6.45) is -3.13. The number of carbonyl (C=O) groups is 1. The van der Waals surface area contributed by atoms with Gasteiger partial charge in [0.2, 0.25) is 5.91 Å². The quantitative estimate of drug-likeness (QED) is 0.743. The Morgan fingerprint density at radius 2 is 2.00 bits per heavy atom. The molecule has 10 heteroatoms. The minimum atomic E-state index is -4.59. The van der Waals surface area contributed by atoms with E-state index in [0.29, 0.717) is 30.8 Å². The van der Waals surface area contributed by atoms with Crippen LogP contribution in [0.3, 0.4) is 0 Å². The molecule has 3 heterocycles. The third-order valence-corrected chi connectivity index (χ3v) is 4.36. The van der Waals surface area contributed by atoms with Crippen molar-refractivity contribution in [3.63, 3.8) is 0 Å². The maximum Gasteiger partial charge on any atom is 0.436 e. The average Bonchev–Trinajstić information content (AvgIpc) is 3.03. The molecule has 1 amide bonds. The number of fused-ring (bicyclic) bond motifs is 1. The summed E-state index contributed by atoms with van der Waals surface area (Å²) in [6.45, 7) is 6.21. The molecule has 0 unspecified atom stereocenters. The van der Waals surface area contributed by atoms with Gasteiger partial charge in [0.1, 0.15) is 0 Å². The van der Waals surface area contributed by atoms with Gasteiger partial charge in [-0.2, -0.15) is 13.2 Å². The number of aromatic nitrogens is 2. The average molecular weight is 414 g/mol. The number of hydrogen-bond acceptors (Lipinski definition) is 5. The van der Waals surface area contributed by atoms with Gasteiger partial charge in [0.15, 0.2) is 23.1 Å². The largest absolute Gasteiger partial charge is 0.436 e. The molecule has 158 valence electrons. The lowest BCUT2D eigenvalue weighted by Crippen LogP contribution is -2.30. The van der Waals surface area contributed by atoms with Crippen LogP contribution in [0, 0.1) is 11.2 Å². The van der Waals surface area contributed by atoms with Crippen molar-refractivity contribution in [3.05, 3.63) is 35.1 Å². The molecule has 1 aliphatic heterocycles. The summed E-state index contributed by atoms with van der Waals surface area (Å²) in [4.78, 5) is 18.0. The molecule has 0 atom stereocenters. The van der Waals surface area contributed by atoms with Gasteiger partial charge in [0.05, 0.1) is 17.9 Å². The van der Waals surface area contributed by atoms with E-state index in [2.05, 4.69) is 15.5 Å². The maximum absolute atomic E-state index is 14.6. The van der Waals surface area contributed by atoms with Crippen molar-refractivity contribution in [3.8, 4) is 0 Å². The zero-order valence-corrected chi connectivity index (χ0v) is 16.4. The van der Waals surface area contributed by atoms with Gasteiger partial charge in [0.25, 0.3) is 0 Å². The van der Waals surface area contributed by atoms with Crippen molar-refractivity contribution in [2.45, 2.75) is 52.8 Å². The van der Waals surface area contributed by atoms with Gasteiger partial charge in [-0.3, -0.25) is 4.79 Å². The number of pyridine rings is 1. The summed E-state index contributed by atoms with van der Waals surface area (Å²) in [5, 5.41) is 5.54. The highest BCUT2D eigenvalue weighted by Crippen LogP contribution is 2.32. The fourth-order valence-electron chi connectivity index (χ4n) is 3.15. The van der Waals surface area contributed by atoms with Crippen LogP contribution in [0.1, 0.15) is 50.8 Å². The molecule has 2 aromatic rings. The highest BCUT2D eigenvalue weighted by molar-refractivity contribution is 5.90. The normalized spacial score (nSPS) is 14.7. The molecule has 1 N–H and O–H groups in total. The molecule has 29 heavy (non-hydrogen) atoms. The van der Waals surface area contributed by atoms with Crippen LogP contribution in [0.5, 0.6) is 0 Å². The van der Waals surface area contributed by atoms with Crippen LogP contribution < -0.4 is 10.2 Å². The molecule has 3 rings (SSSR count). The lowest BCUT2D eigenvalue weighted by molar-refractivity contribution is -0.142. The summed E-state index contributed by atoms with van der Waals surface area (Å²) in [7, 11) is 0. The fraction of sp³-hybridized carbons (Fsp3) is 0.526. The van der Waals surface area contributed by atoms with Crippen LogP contribution in [0.25, 0.3) is 0 Å². The number of halogens is 4. The minimum absolute atomic E-state index is 0.00687. The van der Waals surface area contributed by atoms with Gasteiger partial charge >= 0.3 is 6.18 Å². The van der Waals surface area contributed by atoms with Crippen molar-refractivity contribution < 1.29 is 26.9 Å². The van der Waals surface area contributed by atoms with Crippen molar-refractivity contribution in [1.82, 2.24) is 10.1 Å². The Labute approximate surface area is 165 Å². The van der Waals surface area contributed by atoms with Crippen molar-refractivity contribution in [1.29, 1.82) is 0 Å². The van der Waals surface area contributed by atoms with E-state index in [4.69, 9.17) is 4.52 Å². The molecule has 6 nitrogen and oxygen atoms in total. The Balaban J connectivity index is 1.78. The first-order valence-electron chi connectivity index (χ1n) is 9.19. The molecule has 2 aromatic heterocycles. The molecule has 0 aromatic carbocycles. The second-order valence-electron chi connectivity index (χ2n) is 8.27. The van der Waals surface area contributed by atoms with E-state index >= 15 is 0 Å². The first-order valence-corrected chi connectivity index (χ1v) is 9.19. The van der Waals surface area contributed by atoms with E-state index in [1.807, 2.05) is 20.8 Å². The number of anilines is 2. The summed E-state index contributed by atoms with van der Waals surface area (Å²) in [5.74, 6) is -1.16. The number of nitrogens with one attached hydrogen (secondary N) is 1. The van der Waals surface area contributed by atoms with Gasteiger partial charge in [-0.05, 0) is 18.3 Å². The predicted molar refractivity (Wildman–Crippen MR) is 97.8 cm³/mol. The van der Waals surface area contributed by atoms with Crippen molar-refractivity contribution in [2.75, 3.05) is 16.8 Å². The Morgan fingerprint density at radius 3 is 2.62 bits per heavy atom. The number of rotatable bonds is 4. The van der Waals surface area contributed by atoms with Crippen LogP contribution in [0.4, 0.5) is 29.1 Å². The Bertz CT molecular complexity index is 903. The van der Waals surface area contributed by atoms with Crippen LogP contribution >= 0.6 is 0 Å². The Kier molecular flexibility index (Phi) is 5.55. The third-order valence-electron chi connectivity index (χ3n) is 4.36. The summed E-state index contributed by atoms with van der Waals surface area (Å²) < 4.78 is 57.4. The molecule has 0 fully saturated rings. The standard InChI is InChI=1S/C19H22F4N4O2/c1-18(2,3)9-16(28)25-17-12(20)8-14-13(24-17)5-4-6-27(14)10-11-7-15(26-29-11)19(21,22)23/h7-8H,4-6,9-10H2,1-3H3,(H,24,25,28). The molecule has 0 bridgehead atoms. The van der Waals surface area contributed by atoms with Crippen LogP contribution in [0.15, 0.2) is 16.7 Å². The van der Waals surface area contributed by atoms with E-state index < -0.39 is 17.7 Å². The summed E-state index contributed by atoms with van der Waals surface area (Å²) >= 11 is 0. The van der Waals surface area contributed by atoms with E-state index in [0.717, 1.165) is 6.07 Å². The minimum Gasteiger partial charge on any atom is -0.362 e. The fourth-order valence-corrected chi connectivity index (χ4v) is 3.15. The zero-order chi connectivity index (χ0) is 21.4. The van der Waals surface area contributed by atoms with Crippen LogP contribution in [0.2, 0.25) is 0 Å². The molecule has 0 saturated carbocycles. The van der Waals surface area contributed by atoms with E-state index in [9.17, 15) is 22.4 Å².